The van der Waals surface area contributed by atoms with Crippen LogP contribution in [-0.4, -0.2) is 29.3 Å². The Morgan fingerprint density at radius 2 is 2.00 bits per heavy atom. The number of carboxylic acid groups (broad SMARTS) is 1. The van der Waals surface area contributed by atoms with Crippen molar-refractivity contribution in [3.63, 3.8) is 0 Å². The number of aromatic carboxylic acids is 1. The molecule has 0 aliphatic carbocycles. The van der Waals surface area contributed by atoms with Gasteiger partial charge in [0.1, 0.15) is 13.2 Å². The van der Waals surface area contributed by atoms with Crippen LogP contribution in [0.5, 0.6) is 11.5 Å². The van der Waals surface area contributed by atoms with Crippen LogP contribution in [0.4, 0.5) is 0 Å². The highest BCUT2D eigenvalue weighted by molar-refractivity contribution is 7.99. The summed E-state index contributed by atoms with van der Waals surface area (Å²) in [6.07, 6.45) is 1.47. The third kappa shape index (κ3) is 2.55. The van der Waals surface area contributed by atoms with Gasteiger partial charge >= 0.3 is 5.97 Å². The lowest BCUT2D eigenvalue weighted by Crippen LogP contribution is -2.15. The quantitative estimate of drug-likeness (QED) is 0.937. The second kappa shape index (κ2) is 5.42. The van der Waals surface area contributed by atoms with Crippen molar-refractivity contribution in [3.8, 4) is 11.5 Å². The number of carbonyl (C=O) groups is 1. The third-order valence-corrected chi connectivity index (χ3v) is 3.75. The number of fused-ring (bicyclic) bond motifs is 1. The van der Waals surface area contributed by atoms with E-state index in [1.165, 1.54) is 18.0 Å². The zero-order chi connectivity index (χ0) is 13.9. The highest BCUT2D eigenvalue weighted by Crippen LogP contribution is 2.37. The maximum absolute atomic E-state index is 11.1. The van der Waals surface area contributed by atoms with E-state index in [0.717, 1.165) is 4.90 Å². The lowest BCUT2D eigenvalue weighted by Gasteiger charge is -2.18. The molecular formula is C14H11NO4S. The van der Waals surface area contributed by atoms with E-state index in [-0.39, 0.29) is 5.69 Å². The number of benzene rings is 1. The highest BCUT2D eigenvalue weighted by atomic mass is 32.2. The largest absolute Gasteiger partial charge is 0.486 e. The van der Waals surface area contributed by atoms with Gasteiger partial charge in [-0.05, 0) is 30.3 Å². The minimum atomic E-state index is -1.04. The molecule has 0 radical (unpaired) electrons. The molecule has 2 aromatic rings. The molecule has 1 aromatic carbocycles. The molecule has 0 saturated heterocycles. The van der Waals surface area contributed by atoms with Crippen molar-refractivity contribution in [1.82, 2.24) is 4.98 Å². The summed E-state index contributed by atoms with van der Waals surface area (Å²) in [5.41, 5.74) is 0.0485. The van der Waals surface area contributed by atoms with Crippen LogP contribution in [0.15, 0.2) is 46.3 Å². The van der Waals surface area contributed by atoms with Crippen molar-refractivity contribution in [2.45, 2.75) is 9.79 Å². The summed E-state index contributed by atoms with van der Waals surface area (Å²) in [4.78, 5) is 16.5. The topological polar surface area (TPSA) is 68.7 Å². The molecule has 0 bridgehead atoms. The SMILES string of the molecule is O=C(O)c1ncccc1Sc1ccc2c(c1)OCCO2. The Morgan fingerprint density at radius 3 is 2.80 bits per heavy atom. The number of pyridine rings is 1. The van der Waals surface area contributed by atoms with Crippen molar-refractivity contribution >= 4 is 17.7 Å². The normalized spacial score (nSPS) is 13.0. The van der Waals surface area contributed by atoms with E-state index >= 15 is 0 Å². The summed E-state index contributed by atoms with van der Waals surface area (Å²) >= 11 is 1.34. The van der Waals surface area contributed by atoms with Crippen LogP contribution >= 0.6 is 11.8 Å². The minimum absolute atomic E-state index is 0.0485. The molecule has 102 valence electrons. The average molecular weight is 289 g/mol. The molecule has 0 amide bonds. The van der Waals surface area contributed by atoms with Gasteiger partial charge in [-0.2, -0.15) is 0 Å². The molecule has 0 spiro atoms. The molecule has 1 aromatic heterocycles. The molecule has 2 heterocycles. The smallest absolute Gasteiger partial charge is 0.355 e. The van der Waals surface area contributed by atoms with Crippen LogP contribution in [0.25, 0.3) is 0 Å². The average Bonchev–Trinajstić information content (AvgIpc) is 2.47. The Bertz CT molecular complexity index is 659. The molecule has 20 heavy (non-hydrogen) atoms. The zero-order valence-corrected chi connectivity index (χ0v) is 11.2. The van der Waals surface area contributed by atoms with Gasteiger partial charge in [-0.25, -0.2) is 9.78 Å². The number of ether oxygens (including phenoxy) is 2. The van der Waals surface area contributed by atoms with Gasteiger partial charge in [-0.3, -0.25) is 0 Å². The number of aromatic nitrogens is 1. The molecule has 5 nitrogen and oxygen atoms in total. The first-order valence-electron chi connectivity index (χ1n) is 6.00. The van der Waals surface area contributed by atoms with Crippen LogP contribution < -0.4 is 9.47 Å². The van der Waals surface area contributed by atoms with E-state index in [2.05, 4.69) is 4.98 Å². The summed E-state index contributed by atoms with van der Waals surface area (Å²) in [6, 6.07) is 8.99. The van der Waals surface area contributed by atoms with Crippen molar-refractivity contribution in [2.24, 2.45) is 0 Å². The second-order valence-electron chi connectivity index (χ2n) is 4.06. The highest BCUT2D eigenvalue weighted by Gasteiger charge is 2.15. The number of hydrogen-bond donors (Lipinski definition) is 1. The number of rotatable bonds is 3. The van der Waals surface area contributed by atoms with E-state index in [0.29, 0.717) is 29.6 Å². The predicted molar refractivity (Wildman–Crippen MR) is 72.8 cm³/mol. The maximum atomic E-state index is 11.1. The van der Waals surface area contributed by atoms with Gasteiger partial charge in [0.25, 0.3) is 0 Å². The third-order valence-electron chi connectivity index (χ3n) is 2.71. The molecule has 0 unspecified atom stereocenters. The van der Waals surface area contributed by atoms with Crippen molar-refractivity contribution in [1.29, 1.82) is 0 Å². The molecule has 6 heteroatoms. The van der Waals surface area contributed by atoms with Gasteiger partial charge in [-0.15, -0.1) is 0 Å². The van der Waals surface area contributed by atoms with Crippen molar-refractivity contribution in [3.05, 3.63) is 42.2 Å². The van der Waals surface area contributed by atoms with E-state index in [1.807, 2.05) is 18.2 Å². The molecule has 1 aliphatic rings. The summed E-state index contributed by atoms with van der Waals surface area (Å²) in [5.74, 6) is 0.359. The Labute approximate surface area is 119 Å². The molecule has 1 N–H and O–H groups in total. The maximum Gasteiger partial charge on any atom is 0.355 e. The minimum Gasteiger partial charge on any atom is -0.486 e. The van der Waals surface area contributed by atoms with Crippen LogP contribution in [0, 0.1) is 0 Å². The monoisotopic (exact) mass is 289 g/mol. The number of hydrogen-bond acceptors (Lipinski definition) is 5. The van der Waals surface area contributed by atoms with Crippen LogP contribution in [0.1, 0.15) is 10.5 Å². The fourth-order valence-electron chi connectivity index (χ4n) is 1.85. The van der Waals surface area contributed by atoms with Gasteiger partial charge in [-0.1, -0.05) is 11.8 Å². The van der Waals surface area contributed by atoms with Crippen LogP contribution in [0.2, 0.25) is 0 Å². The Kier molecular flexibility index (Phi) is 3.47. The summed E-state index contributed by atoms with van der Waals surface area (Å²) in [5, 5.41) is 9.12. The fraction of sp³-hybridized carbons (Fsp3) is 0.143. The number of carboxylic acids is 1. The predicted octanol–water partition coefficient (Wildman–Crippen LogP) is 2.70. The first kappa shape index (κ1) is 12.8. The van der Waals surface area contributed by atoms with Crippen molar-refractivity contribution in [2.75, 3.05) is 13.2 Å². The van der Waals surface area contributed by atoms with Gasteiger partial charge in [0.2, 0.25) is 0 Å². The van der Waals surface area contributed by atoms with Gasteiger partial charge in [0.15, 0.2) is 17.2 Å². The summed E-state index contributed by atoms with van der Waals surface area (Å²) in [7, 11) is 0. The lowest BCUT2D eigenvalue weighted by atomic mass is 10.3. The van der Waals surface area contributed by atoms with Crippen LogP contribution in [-0.2, 0) is 0 Å². The number of nitrogens with zero attached hydrogens (tertiary/aromatic N) is 1. The molecule has 0 saturated carbocycles. The Morgan fingerprint density at radius 1 is 1.20 bits per heavy atom. The molecule has 0 fully saturated rings. The second-order valence-corrected chi connectivity index (χ2v) is 5.18. The van der Waals surface area contributed by atoms with E-state index in [9.17, 15) is 4.79 Å². The lowest BCUT2D eigenvalue weighted by molar-refractivity contribution is 0.0686. The molecule has 1 aliphatic heterocycles. The molecular weight excluding hydrogens is 278 g/mol. The van der Waals surface area contributed by atoms with Gasteiger partial charge < -0.3 is 14.6 Å². The van der Waals surface area contributed by atoms with Crippen molar-refractivity contribution < 1.29 is 19.4 Å². The van der Waals surface area contributed by atoms with Gasteiger partial charge in [0, 0.05) is 16.0 Å². The Hall–Kier alpha value is -2.21. The zero-order valence-electron chi connectivity index (χ0n) is 10.4. The van der Waals surface area contributed by atoms with Crippen LogP contribution in [0.3, 0.4) is 0 Å². The summed E-state index contributed by atoms with van der Waals surface area (Å²) in [6.45, 7) is 1.07. The summed E-state index contributed by atoms with van der Waals surface area (Å²) < 4.78 is 11.0. The molecule has 3 rings (SSSR count). The standard InChI is InChI=1S/C14H11NO4S/c16-14(17)13-12(2-1-5-15-13)20-9-3-4-10-11(8-9)19-7-6-18-10/h1-5,8H,6-7H2,(H,16,17). The first-order chi connectivity index (χ1) is 9.74. The van der Waals surface area contributed by atoms with E-state index < -0.39 is 5.97 Å². The Balaban J connectivity index is 1.90. The first-order valence-corrected chi connectivity index (χ1v) is 6.81. The van der Waals surface area contributed by atoms with Gasteiger partial charge in [0.05, 0.1) is 0 Å². The molecule has 0 atom stereocenters. The fourth-order valence-corrected chi connectivity index (χ4v) is 2.79. The van der Waals surface area contributed by atoms with E-state index in [4.69, 9.17) is 14.6 Å². The van der Waals surface area contributed by atoms with E-state index in [1.54, 1.807) is 12.1 Å².